The standard InChI is InChI=1S/C23H35N3O4S/c1-29-19-7-9-23(16-31,10-8-19)22(28)25-20(15-18-5-3-2-4-6-18)21(27)24-17-26-11-13-30-14-12-26/h2-6,19-20,31H,7-17H2,1H3,(H,24,27)(H,25,28)/t19-,20-,23+/m0/s1. The van der Waals surface area contributed by atoms with Crippen molar-refractivity contribution in [3.63, 3.8) is 0 Å². The molecule has 1 saturated heterocycles. The van der Waals surface area contributed by atoms with Crippen molar-refractivity contribution in [2.45, 2.75) is 44.2 Å². The van der Waals surface area contributed by atoms with Gasteiger partial charge in [0.25, 0.3) is 0 Å². The van der Waals surface area contributed by atoms with Crippen molar-refractivity contribution in [2.24, 2.45) is 5.41 Å². The molecule has 0 bridgehead atoms. The fraction of sp³-hybridized carbons (Fsp3) is 0.652. The van der Waals surface area contributed by atoms with Gasteiger partial charge in [-0.1, -0.05) is 30.3 Å². The quantitative estimate of drug-likeness (QED) is 0.500. The topological polar surface area (TPSA) is 79.9 Å². The summed E-state index contributed by atoms with van der Waals surface area (Å²) in [5, 5.41) is 6.07. The molecule has 1 aromatic carbocycles. The minimum atomic E-state index is -0.632. The Labute approximate surface area is 190 Å². The lowest BCUT2D eigenvalue weighted by Crippen LogP contribution is -2.55. The molecule has 1 atom stereocenters. The zero-order valence-corrected chi connectivity index (χ0v) is 19.2. The van der Waals surface area contributed by atoms with Gasteiger partial charge in [-0.05, 0) is 31.2 Å². The lowest BCUT2D eigenvalue weighted by atomic mass is 9.73. The van der Waals surface area contributed by atoms with Crippen molar-refractivity contribution < 1.29 is 19.1 Å². The van der Waals surface area contributed by atoms with Gasteiger partial charge in [0.1, 0.15) is 6.04 Å². The summed E-state index contributed by atoms with van der Waals surface area (Å²) in [4.78, 5) is 28.6. The first-order valence-electron chi connectivity index (χ1n) is 11.1. The number of hydrogen-bond acceptors (Lipinski definition) is 6. The summed E-state index contributed by atoms with van der Waals surface area (Å²) in [6.07, 6.45) is 3.74. The number of amides is 2. The average molecular weight is 450 g/mol. The molecule has 2 aliphatic rings. The van der Waals surface area contributed by atoms with Crippen LogP contribution in [0.5, 0.6) is 0 Å². The molecule has 1 saturated carbocycles. The van der Waals surface area contributed by atoms with Crippen LogP contribution in [0.4, 0.5) is 0 Å². The van der Waals surface area contributed by atoms with Gasteiger partial charge >= 0.3 is 0 Å². The van der Waals surface area contributed by atoms with Gasteiger partial charge in [-0.3, -0.25) is 14.5 Å². The van der Waals surface area contributed by atoms with E-state index >= 15 is 0 Å². The Balaban J connectivity index is 1.66. The second-order valence-corrected chi connectivity index (χ2v) is 8.84. The summed E-state index contributed by atoms with van der Waals surface area (Å²) in [6.45, 7) is 3.38. The maximum Gasteiger partial charge on any atom is 0.243 e. The highest BCUT2D eigenvalue weighted by Crippen LogP contribution is 2.38. The SMILES string of the molecule is CO[C@H]1CC[C@@](CS)(C(=O)N[C@@H](Cc2ccccc2)C(=O)NCN2CCOCC2)CC1. The first-order valence-corrected chi connectivity index (χ1v) is 11.8. The van der Waals surface area contributed by atoms with E-state index in [9.17, 15) is 9.59 Å². The molecule has 172 valence electrons. The van der Waals surface area contributed by atoms with E-state index in [1.165, 1.54) is 0 Å². The highest BCUT2D eigenvalue weighted by molar-refractivity contribution is 7.80. The Morgan fingerprint density at radius 3 is 2.52 bits per heavy atom. The van der Waals surface area contributed by atoms with Crippen LogP contribution in [0.15, 0.2) is 30.3 Å². The molecule has 2 N–H and O–H groups in total. The van der Waals surface area contributed by atoms with Gasteiger partial charge in [0.2, 0.25) is 11.8 Å². The third-order valence-electron chi connectivity index (χ3n) is 6.49. The van der Waals surface area contributed by atoms with E-state index in [1.54, 1.807) is 7.11 Å². The van der Waals surface area contributed by atoms with Gasteiger partial charge in [0, 0.05) is 32.4 Å². The number of rotatable bonds is 9. The second-order valence-electron chi connectivity index (χ2n) is 8.52. The van der Waals surface area contributed by atoms with E-state index in [-0.39, 0.29) is 17.9 Å². The van der Waals surface area contributed by atoms with E-state index in [0.29, 0.717) is 44.9 Å². The first kappa shape index (κ1) is 24.0. The maximum atomic E-state index is 13.3. The molecule has 0 aromatic heterocycles. The number of morpholine rings is 1. The van der Waals surface area contributed by atoms with Crippen LogP contribution in [0.3, 0.4) is 0 Å². The first-order chi connectivity index (χ1) is 15.1. The molecule has 0 spiro atoms. The molecule has 3 rings (SSSR count). The number of nitrogens with zero attached hydrogens (tertiary/aromatic N) is 1. The fourth-order valence-electron chi connectivity index (χ4n) is 4.28. The van der Waals surface area contributed by atoms with Crippen molar-refractivity contribution >= 4 is 24.4 Å². The molecular formula is C23H35N3O4S. The number of carbonyl (C=O) groups is 2. The zero-order valence-electron chi connectivity index (χ0n) is 18.3. The van der Waals surface area contributed by atoms with E-state index < -0.39 is 11.5 Å². The van der Waals surface area contributed by atoms with E-state index in [4.69, 9.17) is 9.47 Å². The Morgan fingerprint density at radius 2 is 1.90 bits per heavy atom. The smallest absolute Gasteiger partial charge is 0.243 e. The summed E-state index contributed by atoms with van der Waals surface area (Å²) in [6, 6.07) is 9.16. The third kappa shape index (κ3) is 6.68. The number of carbonyl (C=O) groups excluding carboxylic acids is 2. The highest BCUT2D eigenvalue weighted by Gasteiger charge is 2.42. The number of hydrogen-bond donors (Lipinski definition) is 3. The molecule has 1 aliphatic carbocycles. The van der Waals surface area contributed by atoms with Crippen LogP contribution in [0, 0.1) is 5.41 Å². The predicted molar refractivity (Wildman–Crippen MR) is 123 cm³/mol. The molecule has 8 heteroatoms. The molecule has 0 unspecified atom stereocenters. The van der Waals surface area contributed by atoms with E-state index in [1.807, 2.05) is 30.3 Å². The molecule has 1 heterocycles. The molecular weight excluding hydrogens is 414 g/mol. The number of methoxy groups -OCH3 is 1. The number of benzene rings is 1. The van der Waals surface area contributed by atoms with Crippen LogP contribution in [-0.4, -0.2) is 74.7 Å². The molecule has 31 heavy (non-hydrogen) atoms. The Bertz CT molecular complexity index is 704. The predicted octanol–water partition coefficient (Wildman–Crippen LogP) is 1.63. The lowest BCUT2D eigenvalue weighted by Gasteiger charge is -2.38. The van der Waals surface area contributed by atoms with Gasteiger partial charge in [-0.2, -0.15) is 12.6 Å². The second kappa shape index (κ2) is 11.9. The summed E-state index contributed by atoms with van der Waals surface area (Å²) >= 11 is 4.51. The largest absolute Gasteiger partial charge is 0.381 e. The highest BCUT2D eigenvalue weighted by atomic mass is 32.1. The van der Waals surface area contributed by atoms with Crippen LogP contribution < -0.4 is 10.6 Å². The van der Waals surface area contributed by atoms with E-state index in [0.717, 1.165) is 31.5 Å². The van der Waals surface area contributed by atoms with Gasteiger partial charge in [-0.15, -0.1) is 0 Å². The summed E-state index contributed by atoms with van der Waals surface area (Å²) in [7, 11) is 1.72. The van der Waals surface area contributed by atoms with Crippen molar-refractivity contribution in [3.8, 4) is 0 Å². The van der Waals surface area contributed by atoms with Crippen LogP contribution in [0.1, 0.15) is 31.2 Å². The number of thiol groups is 1. The summed E-state index contributed by atoms with van der Waals surface area (Å²) in [5.41, 5.74) is 0.453. The lowest BCUT2D eigenvalue weighted by molar-refractivity contribution is -0.137. The summed E-state index contributed by atoms with van der Waals surface area (Å²) < 4.78 is 10.8. The molecule has 1 aromatic rings. The van der Waals surface area contributed by atoms with E-state index in [2.05, 4.69) is 28.2 Å². The van der Waals surface area contributed by atoms with Crippen LogP contribution in [0.2, 0.25) is 0 Å². The van der Waals surface area contributed by atoms with Gasteiger partial charge in [0.15, 0.2) is 0 Å². The normalized spacial score (nSPS) is 25.5. The van der Waals surface area contributed by atoms with Crippen LogP contribution in [0.25, 0.3) is 0 Å². The maximum absolute atomic E-state index is 13.3. The number of nitrogens with one attached hydrogen (secondary N) is 2. The minimum absolute atomic E-state index is 0.0838. The molecule has 2 amide bonds. The zero-order chi connectivity index (χ0) is 22.1. The number of ether oxygens (including phenoxy) is 2. The van der Waals surface area contributed by atoms with Gasteiger partial charge in [0.05, 0.1) is 31.4 Å². The van der Waals surface area contributed by atoms with Crippen molar-refractivity contribution in [2.75, 3.05) is 45.8 Å². The molecule has 2 fully saturated rings. The molecule has 1 aliphatic heterocycles. The Hall–Kier alpha value is -1.61. The molecule has 7 nitrogen and oxygen atoms in total. The Morgan fingerprint density at radius 1 is 1.23 bits per heavy atom. The van der Waals surface area contributed by atoms with Crippen molar-refractivity contribution in [3.05, 3.63) is 35.9 Å². The summed E-state index contributed by atoms with van der Waals surface area (Å²) in [5.74, 6) is 0.214. The fourth-order valence-corrected chi connectivity index (χ4v) is 4.74. The van der Waals surface area contributed by atoms with Gasteiger partial charge in [-0.25, -0.2) is 0 Å². The van der Waals surface area contributed by atoms with Crippen LogP contribution >= 0.6 is 12.6 Å². The van der Waals surface area contributed by atoms with Gasteiger partial charge < -0.3 is 20.1 Å². The van der Waals surface area contributed by atoms with Crippen molar-refractivity contribution in [1.29, 1.82) is 0 Å². The van der Waals surface area contributed by atoms with Crippen molar-refractivity contribution in [1.82, 2.24) is 15.5 Å². The monoisotopic (exact) mass is 449 g/mol. The minimum Gasteiger partial charge on any atom is -0.381 e. The average Bonchev–Trinajstić information content (AvgIpc) is 2.83. The Kier molecular flexibility index (Phi) is 9.19. The third-order valence-corrected chi connectivity index (χ3v) is 7.10. The molecule has 0 radical (unpaired) electrons. The van der Waals surface area contributed by atoms with Crippen LogP contribution in [-0.2, 0) is 25.5 Å².